The molecule has 4 rings (SSSR count). The zero-order chi connectivity index (χ0) is 20.9. The molecule has 6 heteroatoms. The third-order valence-electron chi connectivity index (χ3n) is 6.54. The van der Waals surface area contributed by atoms with Gasteiger partial charge in [0.25, 0.3) is 0 Å². The van der Waals surface area contributed by atoms with Crippen LogP contribution in [0.2, 0.25) is 0 Å². The summed E-state index contributed by atoms with van der Waals surface area (Å²) in [5, 5.41) is 5.45. The van der Waals surface area contributed by atoms with Crippen molar-refractivity contribution in [2.75, 3.05) is 13.1 Å². The van der Waals surface area contributed by atoms with E-state index in [-0.39, 0.29) is 17.7 Å². The molecule has 0 atom stereocenters. The molecule has 0 aromatic heterocycles. The first kappa shape index (κ1) is 21.0. The minimum absolute atomic E-state index is 0.216. The van der Waals surface area contributed by atoms with E-state index in [1.807, 2.05) is 35.2 Å². The van der Waals surface area contributed by atoms with Crippen LogP contribution in [-0.2, 0) is 11.3 Å². The highest BCUT2D eigenvalue weighted by molar-refractivity contribution is 5.87. The summed E-state index contributed by atoms with van der Waals surface area (Å²) in [7, 11) is 0. The van der Waals surface area contributed by atoms with Crippen molar-refractivity contribution < 1.29 is 18.3 Å². The van der Waals surface area contributed by atoms with E-state index in [9.17, 15) is 13.6 Å². The maximum atomic E-state index is 12.9. The van der Waals surface area contributed by atoms with Gasteiger partial charge in [0.05, 0.1) is 0 Å². The third kappa shape index (κ3) is 4.91. The van der Waals surface area contributed by atoms with Gasteiger partial charge in [0.15, 0.2) is 0 Å². The van der Waals surface area contributed by atoms with Crippen molar-refractivity contribution in [1.29, 1.82) is 0 Å². The van der Waals surface area contributed by atoms with Gasteiger partial charge in [-0.2, -0.15) is 8.78 Å². The number of fused-ring (bicyclic) bond motifs is 1. The average Bonchev–Trinajstić information content (AvgIpc) is 2.78. The quantitative estimate of drug-likeness (QED) is 0.712. The van der Waals surface area contributed by atoms with Crippen LogP contribution in [0.4, 0.5) is 8.78 Å². The Labute approximate surface area is 176 Å². The number of carbonyl (C=O) groups excluding carboxylic acids is 1. The SMILES string of the molecule is O=C(C1CCCCC1)N1CCC(NCc2c(OC(F)F)ccc3ccccc23)CC1. The summed E-state index contributed by atoms with van der Waals surface area (Å²) in [5.74, 6) is 0.768. The van der Waals surface area contributed by atoms with Crippen LogP contribution in [0, 0.1) is 5.92 Å². The lowest BCUT2D eigenvalue weighted by Gasteiger charge is -2.35. The lowest BCUT2D eigenvalue weighted by Crippen LogP contribution is -2.46. The number of hydrogen-bond acceptors (Lipinski definition) is 3. The molecule has 1 amide bonds. The van der Waals surface area contributed by atoms with Crippen molar-refractivity contribution in [3.63, 3.8) is 0 Å². The van der Waals surface area contributed by atoms with Gasteiger partial charge in [0.1, 0.15) is 5.75 Å². The number of benzene rings is 2. The van der Waals surface area contributed by atoms with Crippen molar-refractivity contribution in [3.05, 3.63) is 42.0 Å². The number of rotatable bonds is 6. The molecule has 0 spiro atoms. The van der Waals surface area contributed by atoms with Crippen LogP contribution in [0.25, 0.3) is 10.8 Å². The largest absolute Gasteiger partial charge is 0.434 e. The Morgan fingerprint density at radius 2 is 1.77 bits per heavy atom. The van der Waals surface area contributed by atoms with E-state index in [4.69, 9.17) is 4.74 Å². The molecule has 1 saturated heterocycles. The Morgan fingerprint density at radius 3 is 2.50 bits per heavy atom. The van der Waals surface area contributed by atoms with Crippen LogP contribution in [0.3, 0.4) is 0 Å². The number of nitrogens with zero attached hydrogens (tertiary/aromatic N) is 1. The van der Waals surface area contributed by atoms with E-state index < -0.39 is 6.61 Å². The standard InChI is InChI=1S/C24H30F2N2O2/c25-24(26)30-22-11-10-17-6-4-5-9-20(17)21(22)16-27-19-12-14-28(15-13-19)23(29)18-7-2-1-3-8-18/h4-6,9-11,18-19,24,27H,1-3,7-8,12-16H2. The number of hydrogen-bond donors (Lipinski definition) is 1. The first-order valence-electron chi connectivity index (χ1n) is 11.1. The summed E-state index contributed by atoms with van der Waals surface area (Å²) in [6.45, 7) is -0.852. The number of piperidine rings is 1. The van der Waals surface area contributed by atoms with Crippen LogP contribution in [0.1, 0.15) is 50.5 Å². The highest BCUT2D eigenvalue weighted by Gasteiger charge is 2.29. The second kappa shape index (κ2) is 9.73. The summed E-state index contributed by atoms with van der Waals surface area (Å²) in [6, 6.07) is 11.5. The molecule has 162 valence electrons. The summed E-state index contributed by atoms with van der Waals surface area (Å²) >= 11 is 0. The van der Waals surface area contributed by atoms with Crippen molar-refractivity contribution in [3.8, 4) is 5.75 Å². The van der Waals surface area contributed by atoms with E-state index in [1.165, 1.54) is 19.3 Å². The summed E-state index contributed by atoms with van der Waals surface area (Å²) in [4.78, 5) is 14.8. The molecule has 0 unspecified atom stereocenters. The number of halogens is 2. The van der Waals surface area contributed by atoms with Gasteiger partial charge < -0.3 is 15.0 Å². The van der Waals surface area contributed by atoms with Crippen LogP contribution in [0.5, 0.6) is 5.75 Å². The van der Waals surface area contributed by atoms with Crippen LogP contribution in [0.15, 0.2) is 36.4 Å². The Kier molecular flexibility index (Phi) is 6.82. The van der Waals surface area contributed by atoms with Crippen molar-refractivity contribution in [1.82, 2.24) is 10.2 Å². The van der Waals surface area contributed by atoms with Gasteiger partial charge in [0, 0.05) is 37.2 Å². The van der Waals surface area contributed by atoms with Crippen LogP contribution >= 0.6 is 0 Å². The number of nitrogens with one attached hydrogen (secondary N) is 1. The molecule has 2 aliphatic rings. The molecule has 2 fully saturated rings. The molecule has 1 N–H and O–H groups in total. The maximum absolute atomic E-state index is 12.9. The zero-order valence-corrected chi connectivity index (χ0v) is 17.3. The molecule has 2 aromatic rings. The molecule has 1 heterocycles. The predicted molar refractivity (Wildman–Crippen MR) is 114 cm³/mol. The van der Waals surface area contributed by atoms with Crippen LogP contribution in [-0.4, -0.2) is 36.5 Å². The summed E-state index contributed by atoms with van der Waals surface area (Å²) in [6.07, 6.45) is 7.42. The van der Waals surface area contributed by atoms with Gasteiger partial charge in [-0.05, 0) is 42.5 Å². The fraction of sp³-hybridized carbons (Fsp3) is 0.542. The Balaban J connectivity index is 1.37. The van der Waals surface area contributed by atoms with Gasteiger partial charge in [-0.15, -0.1) is 0 Å². The van der Waals surface area contributed by atoms with E-state index >= 15 is 0 Å². The first-order chi connectivity index (χ1) is 14.6. The molecule has 0 bridgehead atoms. The Bertz CT molecular complexity index is 859. The highest BCUT2D eigenvalue weighted by Crippen LogP contribution is 2.30. The monoisotopic (exact) mass is 416 g/mol. The first-order valence-corrected chi connectivity index (χ1v) is 11.1. The van der Waals surface area contributed by atoms with Gasteiger partial charge in [0.2, 0.25) is 5.91 Å². The Morgan fingerprint density at radius 1 is 1.03 bits per heavy atom. The smallest absolute Gasteiger partial charge is 0.387 e. The number of ether oxygens (including phenoxy) is 1. The van der Waals surface area contributed by atoms with Crippen molar-refractivity contribution in [2.24, 2.45) is 5.92 Å². The second-order valence-electron chi connectivity index (χ2n) is 8.46. The number of amides is 1. The molecule has 1 aliphatic carbocycles. The third-order valence-corrected chi connectivity index (χ3v) is 6.54. The molecular weight excluding hydrogens is 386 g/mol. The lowest BCUT2D eigenvalue weighted by molar-refractivity contribution is -0.137. The molecule has 1 aliphatic heterocycles. The lowest BCUT2D eigenvalue weighted by atomic mass is 9.87. The summed E-state index contributed by atoms with van der Waals surface area (Å²) in [5.41, 5.74) is 0.758. The summed E-state index contributed by atoms with van der Waals surface area (Å²) < 4.78 is 30.6. The normalized spacial score (nSPS) is 18.8. The molecule has 30 heavy (non-hydrogen) atoms. The fourth-order valence-electron chi connectivity index (χ4n) is 4.86. The molecular formula is C24H30F2N2O2. The number of carbonyl (C=O) groups is 1. The molecule has 4 nitrogen and oxygen atoms in total. The van der Waals surface area contributed by atoms with Crippen molar-refractivity contribution >= 4 is 16.7 Å². The van der Waals surface area contributed by atoms with Crippen LogP contribution < -0.4 is 10.1 Å². The van der Waals surface area contributed by atoms with E-state index in [0.29, 0.717) is 12.5 Å². The molecule has 1 saturated carbocycles. The number of likely N-dealkylation sites (tertiary alicyclic amines) is 1. The van der Waals surface area contributed by atoms with Crippen molar-refractivity contribution in [2.45, 2.75) is 64.1 Å². The minimum atomic E-state index is -2.85. The highest BCUT2D eigenvalue weighted by atomic mass is 19.3. The average molecular weight is 417 g/mol. The van der Waals surface area contributed by atoms with Gasteiger partial charge in [-0.3, -0.25) is 4.79 Å². The van der Waals surface area contributed by atoms with Gasteiger partial charge in [-0.1, -0.05) is 49.6 Å². The second-order valence-corrected chi connectivity index (χ2v) is 8.46. The minimum Gasteiger partial charge on any atom is -0.434 e. The van der Waals surface area contributed by atoms with Gasteiger partial charge >= 0.3 is 6.61 Å². The topological polar surface area (TPSA) is 41.6 Å². The number of alkyl halides is 2. The zero-order valence-electron chi connectivity index (χ0n) is 17.3. The predicted octanol–water partition coefficient (Wildman–Crippen LogP) is 5.10. The van der Waals surface area contributed by atoms with E-state index in [1.54, 1.807) is 6.07 Å². The Hall–Kier alpha value is -2.21. The van der Waals surface area contributed by atoms with E-state index in [2.05, 4.69) is 5.32 Å². The maximum Gasteiger partial charge on any atom is 0.387 e. The molecule has 0 radical (unpaired) electrons. The van der Waals surface area contributed by atoms with Gasteiger partial charge in [-0.25, -0.2) is 0 Å². The van der Waals surface area contributed by atoms with E-state index in [0.717, 1.165) is 55.1 Å². The molecule has 2 aromatic carbocycles. The fourth-order valence-corrected chi connectivity index (χ4v) is 4.86.